The van der Waals surface area contributed by atoms with Crippen LogP contribution in [0.3, 0.4) is 0 Å². The largest absolute Gasteiger partial charge is 0.490 e. The van der Waals surface area contributed by atoms with Gasteiger partial charge < -0.3 is 19.9 Å². The molecular weight excluding hydrogens is 280 g/mol. The van der Waals surface area contributed by atoms with Gasteiger partial charge in [-0.3, -0.25) is 4.98 Å². The third-order valence-corrected chi connectivity index (χ3v) is 4.54. The lowest BCUT2D eigenvalue weighted by Gasteiger charge is -2.27. The molecule has 3 atom stereocenters. The van der Waals surface area contributed by atoms with Gasteiger partial charge in [0, 0.05) is 32.1 Å². The third kappa shape index (κ3) is 4.41. The van der Waals surface area contributed by atoms with Crippen LogP contribution in [0.15, 0.2) is 18.5 Å². The van der Waals surface area contributed by atoms with Crippen molar-refractivity contribution in [3.8, 4) is 5.75 Å². The molecule has 1 saturated heterocycles. The first-order chi connectivity index (χ1) is 10.9. The van der Waals surface area contributed by atoms with Crippen molar-refractivity contribution in [2.75, 3.05) is 33.0 Å². The molecular formula is C17H26N2O3. The predicted molar refractivity (Wildman–Crippen MR) is 84.1 cm³/mol. The molecule has 0 amide bonds. The number of pyridine rings is 1. The fourth-order valence-corrected chi connectivity index (χ4v) is 2.88. The molecule has 0 aromatic carbocycles. The van der Waals surface area contributed by atoms with Crippen LogP contribution in [0.5, 0.6) is 5.75 Å². The Bertz CT molecular complexity index is 465. The maximum atomic E-state index is 8.70. The van der Waals surface area contributed by atoms with Crippen LogP contribution >= 0.6 is 0 Å². The zero-order valence-corrected chi connectivity index (χ0v) is 13.0. The first-order valence-electron chi connectivity index (χ1n) is 8.36. The van der Waals surface area contributed by atoms with Gasteiger partial charge >= 0.3 is 0 Å². The summed E-state index contributed by atoms with van der Waals surface area (Å²) in [5, 5.41) is 12.0. The SMILES string of the molecule is OCCCOCCC1CC1c1cncc(OCC2CCN2)c1. The van der Waals surface area contributed by atoms with Gasteiger partial charge in [0.25, 0.3) is 0 Å². The van der Waals surface area contributed by atoms with E-state index in [1.165, 1.54) is 18.4 Å². The highest BCUT2D eigenvalue weighted by Crippen LogP contribution is 2.49. The van der Waals surface area contributed by atoms with Crippen LogP contribution in [0.25, 0.3) is 0 Å². The number of ether oxygens (including phenoxy) is 2. The molecule has 1 aromatic heterocycles. The molecule has 0 radical (unpaired) electrons. The van der Waals surface area contributed by atoms with Crippen LogP contribution in [0.1, 0.15) is 37.2 Å². The quantitative estimate of drug-likeness (QED) is 0.644. The molecule has 2 N–H and O–H groups in total. The molecule has 2 heterocycles. The Morgan fingerprint density at radius 2 is 2.23 bits per heavy atom. The Hall–Kier alpha value is -1.17. The molecule has 1 aromatic rings. The van der Waals surface area contributed by atoms with Gasteiger partial charge in [0.05, 0.1) is 6.20 Å². The Morgan fingerprint density at radius 1 is 1.32 bits per heavy atom. The highest BCUT2D eigenvalue weighted by molar-refractivity contribution is 5.30. The normalized spacial score (nSPS) is 26.5. The van der Waals surface area contributed by atoms with Gasteiger partial charge in [-0.15, -0.1) is 0 Å². The van der Waals surface area contributed by atoms with E-state index in [1.54, 1.807) is 6.20 Å². The number of rotatable bonds is 10. The Morgan fingerprint density at radius 3 is 3.00 bits per heavy atom. The molecule has 3 rings (SSSR count). The summed E-state index contributed by atoms with van der Waals surface area (Å²) >= 11 is 0. The minimum absolute atomic E-state index is 0.209. The van der Waals surface area contributed by atoms with Crippen LogP contribution < -0.4 is 10.1 Å². The zero-order chi connectivity index (χ0) is 15.2. The summed E-state index contributed by atoms with van der Waals surface area (Å²) in [6.45, 7) is 3.50. The zero-order valence-electron chi connectivity index (χ0n) is 13.0. The molecule has 2 aliphatic rings. The van der Waals surface area contributed by atoms with Gasteiger partial charge in [-0.2, -0.15) is 0 Å². The number of nitrogens with zero attached hydrogens (tertiary/aromatic N) is 1. The first kappa shape index (κ1) is 15.7. The topological polar surface area (TPSA) is 63.6 Å². The number of nitrogens with one attached hydrogen (secondary N) is 1. The molecule has 5 nitrogen and oxygen atoms in total. The number of aromatic nitrogens is 1. The molecule has 0 spiro atoms. The Kier molecular flexibility index (Phi) is 5.64. The smallest absolute Gasteiger partial charge is 0.137 e. The average molecular weight is 306 g/mol. The Labute approximate surface area is 132 Å². The number of aliphatic hydroxyl groups is 1. The minimum atomic E-state index is 0.209. The lowest BCUT2D eigenvalue weighted by molar-refractivity contribution is 0.111. The fraction of sp³-hybridized carbons (Fsp3) is 0.706. The van der Waals surface area contributed by atoms with Crippen molar-refractivity contribution < 1.29 is 14.6 Å². The lowest BCUT2D eigenvalue weighted by Crippen LogP contribution is -2.46. The summed E-state index contributed by atoms with van der Waals surface area (Å²) < 4.78 is 11.3. The van der Waals surface area contributed by atoms with Crippen molar-refractivity contribution in [2.24, 2.45) is 5.92 Å². The summed E-state index contributed by atoms with van der Waals surface area (Å²) in [6.07, 6.45) is 8.01. The molecule has 1 aliphatic carbocycles. The van der Waals surface area contributed by atoms with Gasteiger partial charge in [-0.1, -0.05) is 0 Å². The molecule has 3 unspecified atom stereocenters. The van der Waals surface area contributed by atoms with E-state index >= 15 is 0 Å². The average Bonchev–Trinajstić information content (AvgIpc) is 3.25. The van der Waals surface area contributed by atoms with Gasteiger partial charge in [0.2, 0.25) is 0 Å². The van der Waals surface area contributed by atoms with Crippen molar-refractivity contribution in [3.05, 3.63) is 24.0 Å². The Balaban J connectivity index is 1.39. The second-order valence-electron chi connectivity index (χ2n) is 6.29. The molecule has 5 heteroatoms. The fourth-order valence-electron chi connectivity index (χ4n) is 2.88. The maximum Gasteiger partial charge on any atom is 0.137 e. The van der Waals surface area contributed by atoms with E-state index in [0.717, 1.165) is 38.3 Å². The summed E-state index contributed by atoms with van der Waals surface area (Å²) in [4.78, 5) is 4.32. The number of hydrogen-bond acceptors (Lipinski definition) is 5. The highest BCUT2D eigenvalue weighted by Gasteiger charge is 2.38. The van der Waals surface area contributed by atoms with Crippen molar-refractivity contribution in [1.29, 1.82) is 0 Å². The van der Waals surface area contributed by atoms with E-state index in [9.17, 15) is 0 Å². The standard InChI is InChI=1S/C17H26N2O3/c20-5-1-6-21-7-3-13-9-17(13)14-8-16(11-18-10-14)22-12-15-2-4-19-15/h8,10-11,13,15,17,19-20H,1-7,9,12H2. The highest BCUT2D eigenvalue weighted by atomic mass is 16.5. The van der Waals surface area contributed by atoms with E-state index in [1.807, 2.05) is 6.20 Å². The van der Waals surface area contributed by atoms with E-state index in [4.69, 9.17) is 14.6 Å². The monoisotopic (exact) mass is 306 g/mol. The molecule has 122 valence electrons. The molecule has 1 saturated carbocycles. The third-order valence-electron chi connectivity index (χ3n) is 4.54. The van der Waals surface area contributed by atoms with Gasteiger partial charge in [-0.05, 0) is 55.7 Å². The van der Waals surface area contributed by atoms with Crippen LogP contribution in [0.2, 0.25) is 0 Å². The van der Waals surface area contributed by atoms with Crippen molar-refractivity contribution in [2.45, 2.75) is 37.6 Å². The molecule has 2 fully saturated rings. The molecule has 1 aliphatic heterocycles. The summed E-state index contributed by atoms with van der Waals surface area (Å²) in [6, 6.07) is 2.65. The van der Waals surface area contributed by atoms with Gasteiger partial charge in [-0.25, -0.2) is 0 Å². The number of aliphatic hydroxyl groups excluding tert-OH is 1. The van der Waals surface area contributed by atoms with E-state index < -0.39 is 0 Å². The van der Waals surface area contributed by atoms with Gasteiger partial charge in [0.1, 0.15) is 12.4 Å². The lowest BCUT2D eigenvalue weighted by atomic mass is 10.1. The first-order valence-corrected chi connectivity index (χ1v) is 8.36. The van der Waals surface area contributed by atoms with Crippen molar-refractivity contribution in [1.82, 2.24) is 10.3 Å². The van der Waals surface area contributed by atoms with E-state index in [-0.39, 0.29) is 6.61 Å². The van der Waals surface area contributed by atoms with Crippen LogP contribution in [-0.2, 0) is 4.74 Å². The van der Waals surface area contributed by atoms with Crippen molar-refractivity contribution in [3.63, 3.8) is 0 Å². The number of hydrogen-bond donors (Lipinski definition) is 2. The maximum absolute atomic E-state index is 8.70. The van der Waals surface area contributed by atoms with Crippen LogP contribution in [0, 0.1) is 5.92 Å². The van der Waals surface area contributed by atoms with Crippen molar-refractivity contribution >= 4 is 0 Å². The predicted octanol–water partition coefficient (Wildman–Crippen LogP) is 1.71. The summed E-state index contributed by atoms with van der Waals surface area (Å²) in [5.74, 6) is 2.20. The van der Waals surface area contributed by atoms with Crippen LogP contribution in [-0.4, -0.2) is 49.1 Å². The van der Waals surface area contributed by atoms with E-state index in [2.05, 4.69) is 16.4 Å². The minimum Gasteiger partial charge on any atom is -0.490 e. The van der Waals surface area contributed by atoms with Crippen LogP contribution in [0.4, 0.5) is 0 Å². The second kappa shape index (κ2) is 7.90. The van der Waals surface area contributed by atoms with Gasteiger partial charge in [0.15, 0.2) is 0 Å². The van der Waals surface area contributed by atoms with E-state index in [0.29, 0.717) is 24.5 Å². The summed E-state index contributed by atoms with van der Waals surface area (Å²) in [5.41, 5.74) is 1.29. The molecule has 22 heavy (non-hydrogen) atoms. The molecule has 0 bridgehead atoms. The summed E-state index contributed by atoms with van der Waals surface area (Å²) in [7, 11) is 0. The second-order valence-corrected chi connectivity index (χ2v) is 6.29.